The maximum atomic E-state index is 5.09. The molecule has 0 bridgehead atoms. The van der Waals surface area contributed by atoms with Crippen LogP contribution in [0, 0.1) is 6.92 Å². The first-order valence-electron chi connectivity index (χ1n) is 9.04. The molecule has 0 saturated carbocycles. The monoisotopic (exact) mass is 349 g/mol. The first-order chi connectivity index (χ1) is 12.1. The number of methoxy groups -OCH3 is 1. The van der Waals surface area contributed by atoms with E-state index < -0.39 is 0 Å². The van der Waals surface area contributed by atoms with Crippen LogP contribution < -0.4 is 15.5 Å². The second-order valence-electron chi connectivity index (χ2n) is 6.14. The zero-order valence-electron chi connectivity index (χ0n) is 16.5. The molecule has 0 fully saturated rings. The summed E-state index contributed by atoms with van der Waals surface area (Å²) in [6, 6.07) is 8.64. The Kier molecular flexibility index (Phi) is 10.7. The fourth-order valence-corrected chi connectivity index (χ4v) is 2.55. The summed E-state index contributed by atoms with van der Waals surface area (Å²) >= 11 is 0. The minimum atomic E-state index is 0.759. The number of nitrogens with one attached hydrogen (secondary N) is 2. The first kappa shape index (κ1) is 21.3. The third-order valence-electron chi connectivity index (χ3n) is 4.11. The number of ether oxygens (including phenoxy) is 1. The molecule has 0 radical (unpaired) electrons. The molecule has 6 heteroatoms. The van der Waals surface area contributed by atoms with Crippen LogP contribution in [0.2, 0.25) is 0 Å². The lowest BCUT2D eigenvalue weighted by atomic mass is 10.2. The molecule has 0 aliphatic heterocycles. The van der Waals surface area contributed by atoms with Gasteiger partial charge in [-0.25, -0.2) is 0 Å². The Hall–Kier alpha value is -1.79. The number of hydrogen-bond acceptors (Lipinski definition) is 4. The lowest BCUT2D eigenvalue weighted by molar-refractivity contribution is 0.162. The van der Waals surface area contributed by atoms with Gasteiger partial charge in [-0.2, -0.15) is 0 Å². The summed E-state index contributed by atoms with van der Waals surface area (Å²) in [6.07, 6.45) is 0. The number of aryl methyl sites for hydroxylation is 1. The van der Waals surface area contributed by atoms with Gasteiger partial charge in [0.05, 0.1) is 6.61 Å². The zero-order chi connectivity index (χ0) is 18.5. The number of guanidine groups is 1. The Morgan fingerprint density at radius 1 is 1.16 bits per heavy atom. The van der Waals surface area contributed by atoms with E-state index in [1.54, 1.807) is 7.11 Å². The highest BCUT2D eigenvalue weighted by Gasteiger charge is 2.05. The van der Waals surface area contributed by atoms with E-state index in [1.165, 1.54) is 11.3 Å². The Bertz CT molecular complexity index is 506. The molecule has 0 saturated heterocycles. The fourth-order valence-electron chi connectivity index (χ4n) is 2.55. The normalized spacial score (nSPS) is 11.7. The van der Waals surface area contributed by atoms with Gasteiger partial charge in [0.25, 0.3) is 0 Å². The third-order valence-corrected chi connectivity index (χ3v) is 4.11. The van der Waals surface area contributed by atoms with Crippen LogP contribution >= 0.6 is 0 Å². The Morgan fingerprint density at radius 2 is 1.88 bits per heavy atom. The van der Waals surface area contributed by atoms with Gasteiger partial charge in [-0.05, 0) is 38.6 Å². The van der Waals surface area contributed by atoms with Crippen molar-refractivity contribution >= 4 is 11.6 Å². The number of anilines is 1. The van der Waals surface area contributed by atoms with Crippen molar-refractivity contribution in [2.24, 2.45) is 4.99 Å². The van der Waals surface area contributed by atoms with Gasteiger partial charge < -0.3 is 25.2 Å². The lowest BCUT2D eigenvalue weighted by Crippen LogP contribution is -2.44. The van der Waals surface area contributed by atoms with E-state index in [4.69, 9.17) is 4.74 Å². The van der Waals surface area contributed by atoms with Crippen LogP contribution in [0.1, 0.15) is 12.5 Å². The average Bonchev–Trinajstić information content (AvgIpc) is 2.62. The van der Waals surface area contributed by atoms with Crippen molar-refractivity contribution in [2.45, 2.75) is 13.8 Å². The molecule has 0 spiro atoms. The van der Waals surface area contributed by atoms with Crippen LogP contribution in [0.4, 0.5) is 5.69 Å². The van der Waals surface area contributed by atoms with E-state index in [-0.39, 0.29) is 0 Å². The maximum Gasteiger partial charge on any atom is 0.191 e. The molecule has 0 aromatic heterocycles. The standard InChI is InChI=1S/C19H35N5O/c1-6-24(18-9-7-8-17(2)16-18)13-11-22-19(20-3)21-10-12-23(4)14-15-25-5/h7-9,16H,6,10-15H2,1-5H3,(H2,20,21,22). The highest BCUT2D eigenvalue weighted by molar-refractivity contribution is 5.79. The van der Waals surface area contributed by atoms with E-state index in [9.17, 15) is 0 Å². The molecular formula is C19H35N5O. The summed E-state index contributed by atoms with van der Waals surface area (Å²) in [5.74, 6) is 0.848. The van der Waals surface area contributed by atoms with Gasteiger partial charge in [0, 0.05) is 59.1 Å². The van der Waals surface area contributed by atoms with Crippen LogP contribution in [0.5, 0.6) is 0 Å². The van der Waals surface area contributed by atoms with Crippen molar-refractivity contribution < 1.29 is 4.74 Å². The molecule has 0 unspecified atom stereocenters. The molecule has 0 amide bonds. The summed E-state index contributed by atoms with van der Waals surface area (Å²) in [7, 11) is 5.63. The van der Waals surface area contributed by atoms with Crippen molar-refractivity contribution in [1.29, 1.82) is 0 Å². The molecule has 0 heterocycles. The second kappa shape index (κ2) is 12.6. The van der Waals surface area contributed by atoms with E-state index >= 15 is 0 Å². The summed E-state index contributed by atoms with van der Waals surface area (Å²) < 4.78 is 5.09. The second-order valence-corrected chi connectivity index (χ2v) is 6.14. The van der Waals surface area contributed by atoms with E-state index in [0.717, 1.165) is 51.8 Å². The largest absolute Gasteiger partial charge is 0.383 e. The highest BCUT2D eigenvalue weighted by atomic mass is 16.5. The Morgan fingerprint density at radius 3 is 2.48 bits per heavy atom. The van der Waals surface area contributed by atoms with Crippen LogP contribution in [0.25, 0.3) is 0 Å². The molecular weight excluding hydrogens is 314 g/mol. The SMILES string of the molecule is CCN(CCNC(=NC)NCCN(C)CCOC)c1cccc(C)c1. The number of likely N-dealkylation sites (N-methyl/N-ethyl adjacent to an activating group) is 2. The van der Waals surface area contributed by atoms with Crippen molar-refractivity contribution in [3.63, 3.8) is 0 Å². The van der Waals surface area contributed by atoms with Crippen LogP contribution in [0.15, 0.2) is 29.3 Å². The van der Waals surface area contributed by atoms with Gasteiger partial charge in [-0.15, -0.1) is 0 Å². The number of nitrogens with zero attached hydrogens (tertiary/aromatic N) is 3. The van der Waals surface area contributed by atoms with Gasteiger partial charge in [0.1, 0.15) is 0 Å². The smallest absolute Gasteiger partial charge is 0.191 e. The van der Waals surface area contributed by atoms with E-state index in [1.807, 2.05) is 7.05 Å². The van der Waals surface area contributed by atoms with Gasteiger partial charge in [0.15, 0.2) is 5.96 Å². The quantitative estimate of drug-likeness (QED) is 0.469. The molecule has 0 aliphatic rings. The van der Waals surface area contributed by atoms with Crippen molar-refractivity contribution in [3.8, 4) is 0 Å². The fraction of sp³-hybridized carbons (Fsp3) is 0.632. The molecule has 142 valence electrons. The first-order valence-corrected chi connectivity index (χ1v) is 9.04. The number of benzene rings is 1. The molecule has 0 atom stereocenters. The van der Waals surface area contributed by atoms with Gasteiger partial charge in [0.2, 0.25) is 0 Å². The molecule has 25 heavy (non-hydrogen) atoms. The van der Waals surface area contributed by atoms with Crippen LogP contribution in [0.3, 0.4) is 0 Å². The van der Waals surface area contributed by atoms with Crippen LogP contribution in [-0.2, 0) is 4.74 Å². The van der Waals surface area contributed by atoms with Gasteiger partial charge in [-0.3, -0.25) is 4.99 Å². The summed E-state index contributed by atoms with van der Waals surface area (Å²) in [5, 5.41) is 6.74. The Balaban J connectivity index is 2.32. The number of hydrogen-bond donors (Lipinski definition) is 2. The third kappa shape index (κ3) is 8.74. The predicted molar refractivity (Wildman–Crippen MR) is 108 cm³/mol. The molecule has 6 nitrogen and oxygen atoms in total. The molecule has 2 N–H and O–H groups in total. The van der Waals surface area contributed by atoms with Crippen molar-refractivity contribution in [3.05, 3.63) is 29.8 Å². The topological polar surface area (TPSA) is 52.1 Å². The molecule has 1 rings (SSSR count). The average molecular weight is 350 g/mol. The summed E-state index contributed by atoms with van der Waals surface area (Å²) in [4.78, 5) is 8.89. The van der Waals surface area contributed by atoms with Crippen molar-refractivity contribution in [2.75, 3.05) is 72.0 Å². The van der Waals surface area contributed by atoms with Gasteiger partial charge >= 0.3 is 0 Å². The maximum absolute atomic E-state index is 5.09. The Labute approximate surface area is 153 Å². The zero-order valence-corrected chi connectivity index (χ0v) is 16.5. The summed E-state index contributed by atoms with van der Waals surface area (Å²) in [5.41, 5.74) is 2.56. The molecule has 0 aliphatic carbocycles. The predicted octanol–water partition coefficient (Wildman–Crippen LogP) is 1.56. The minimum absolute atomic E-state index is 0.759. The molecule has 1 aromatic rings. The van der Waals surface area contributed by atoms with E-state index in [0.29, 0.717) is 0 Å². The highest BCUT2D eigenvalue weighted by Crippen LogP contribution is 2.14. The van der Waals surface area contributed by atoms with E-state index in [2.05, 4.69) is 70.6 Å². The van der Waals surface area contributed by atoms with Crippen molar-refractivity contribution in [1.82, 2.24) is 15.5 Å². The minimum Gasteiger partial charge on any atom is -0.383 e. The lowest BCUT2D eigenvalue weighted by Gasteiger charge is -2.24. The van der Waals surface area contributed by atoms with Gasteiger partial charge in [-0.1, -0.05) is 12.1 Å². The molecule has 1 aromatic carbocycles. The van der Waals surface area contributed by atoms with Crippen LogP contribution in [-0.4, -0.2) is 77.9 Å². The number of rotatable bonds is 11. The number of aliphatic imine (C=N–C) groups is 1. The summed E-state index contributed by atoms with van der Waals surface area (Å²) in [6.45, 7) is 10.6.